The number of piperidine rings is 1. The fourth-order valence-corrected chi connectivity index (χ4v) is 2.58. The number of halogens is 1. The van der Waals surface area contributed by atoms with Crippen molar-refractivity contribution in [3.05, 3.63) is 0 Å². The number of carbonyl (C=O) groups is 1. The van der Waals surface area contributed by atoms with E-state index >= 15 is 0 Å². The first-order chi connectivity index (χ1) is 8.31. The molecule has 2 saturated heterocycles. The molecule has 0 aliphatic carbocycles. The molecular formula is C12H23ClN2O3. The molecule has 2 unspecified atom stereocenters. The van der Waals surface area contributed by atoms with Crippen molar-refractivity contribution in [2.75, 3.05) is 46.6 Å². The summed E-state index contributed by atoms with van der Waals surface area (Å²) in [5.41, 5.74) is 0. The van der Waals surface area contributed by atoms with E-state index in [2.05, 4.69) is 5.32 Å². The fraction of sp³-hybridized carbons (Fsp3) is 0.917. The van der Waals surface area contributed by atoms with E-state index in [1.54, 1.807) is 7.11 Å². The Labute approximate surface area is 115 Å². The second-order valence-electron chi connectivity index (χ2n) is 4.83. The summed E-state index contributed by atoms with van der Waals surface area (Å²) in [4.78, 5) is 14.2. The summed E-state index contributed by atoms with van der Waals surface area (Å²) >= 11 is 0. The third-order valence-corrected chi connectivity index (χ3v) is 3.45. The van der Waals surface area contributed by atoms with Crippen molar-refractivity contribution >= 4 is 18.3 Å². The van der Waals surface area contributed by atoms with Gasteiger partial charge in [0.25, 0.3) is 0 Å². The number of methoxy groups -OCH3 is 1. The number of hydrogen-bond acceptors (Lipinski definition) is 4. The van der Waals surface area contributed by atoms with E-state index in [0.29, 0.717) is 19.1 Å². The molecule has 0 aromatic rings. The van der Waals surface area contributed by atoms with E-state index in [0.717, 1.165) is 39.1 Å². The fourth-order valence-electron chi connectivity index (χ4n) is 2.58. The van der Waals surface area contributed by atoms with Crippen LogP contribution < -0.4 is 5.32 Å². The zero-order chi connectivity index (χ0) is 12.1. The monoisotopic (exact) mass is 278 g/mol. The summed E-state index contributed by atoms with van der Waals surface area (Å²) in [5.74, 6) is 0.674. The van der Waals surface area contributed by atoms with Crippen LogP contribution in [-0.4, -0.2) is 63.4 Å². The molecule has 0 aromatic carbocycles. The Morgan fingerprint density at radius 1 is 1.56 bits per heavy atom. The van der Waals surface area contributed by atoms with Crippen molar-refractivity contribution in [2.24, 2.45) is 5.92 Å². The molecule has 2 heterocycles. The van der Waals surface area contributed by atoms with Crippen LogP contribution in [0.3, 0.4) is 0 Å². The van der Waals surface area contributed by atoms with Gasteiger partial charge in [-0.2, -0.15) is 0 Å². The first kappa shape index (κ1) is 15.7. The average molecular weight is 279 g/mol. The minimum absolute atomic E-state index is 0. The highest BCUT2D eigenvalue weighted by molar-refractivity contribution is 5.85. The number of likely N-dealkylation sites (tertiary alicyclic amines) is 1. The summed E-state index contributed by atoms with van der Waals surface area (Å²) in [6.07, 6.45) is 2.24. The molecule has 0 radical (unpaired) electrons. The zero-order valence-electron chi connectivity index (χ0n) is 10.9. The maximum Gasteiger partial charge on any atom is 0.242 e. The summed E-state index contributed by atoms with van der Waals surface area (Å²) in [7, 11) is 1.72. The van der Waals surface area contributed by atoms with Crippen molar-refractivity contribution in [3.8, 4) is 0 Å². The van der Waals surface area contributed by atoms with Crippen molar-refractivity contribution in [3.63, 3.8) is 0 Å². The van der Waals surface area contributed by atoms with Gasteiger partial charge in [0.2, 0.25) is 5.91 Å². The van der Waals surface area contributed by atoms with Crippen LogP contribution in [0.2, 0.25) is 0 Å². The second-order valence-corrected chi connectivity index (χ2v) is 4.83. The number of nitrogens with one attached hydrogen (secondary N) is 1. The molecule has 0 bridgehead atoms. The van der Waals surface area contributed by atoms with Crippen molar-refractivity contribution in [2.45, 2.75) is 18.9 Å². The molecule has 6 heteroatoms. The van der Waals surface area contributed by atoms with Crippen molar-refractivity contribution in [1.29, 1.82) is 0 Å². The van der Waals surface area contributed by atoms with Crippen LogP contribution in [0, 0.1) is 5.92 Å². The highest BCUT2D eigenvalue weighted by Crippen LogP contribution is 2.17. The van der Waals surface area contributed by atoms with E-state index in [1.807, 2.05) is 4.90 Å². The lowest BCUT2D eigenvalue weighted by atomic mass is 9.98. The molecule has 5 nitrogen and oxygen atoms in total. The molecule has 2 aliphatic rings. The van der Waals surface area contributed by atoms with Crippen LogP contribution in [0.25, 0.3) is 0 Å². The lowest BCUT2D eigenvalue weighted by Crippen LogP contribution is -2.54. The van der Waals surface area contributed by atoms with Crippen LogP contribution in [-0.2, 0) is 14.3 Å². The molecule has 1 amide bonds. The Hall–Kier alpha value is -0.360. The molecule has 106 valence electrons. The van der Waals surface area contributed by atoms with Gasteiger partial charge in [0.05, 0.1) is 19.8 Å². The topological polar surface area (TPSA) is 50.8 Å². The third kappa shape index (κ3) is 4.09. The van der Waals surface area contributed by atoms with Gasteiger partial charge in [-0.3, -0.25) is 4.79 Å². The van der Waals surface area contributed by atoms with E-state index in [-0.39, 0.29) is 24.4 Å². The zero-order valence-corrected chi connectivity index (χ0v) is 11.7. The normalized spacial score (nSPS) is 28.6. The predicted octanol–water partition coefficient (Wildman–Crippen LogP) is 0.282. The van der Waals surface area contributed by atoms with Crippen molar-refractivity contribution in [1.82, 2.24) is 10.2 Å². The van der Waals surface area contributed by atoms with E-state index in [4.69, 9.17) is 9.47 Å². The van der Waals surface area contributed by atoms with Gasteiger partial charge in [-0.25, -0.2) is 0 Å². The largest absolute Gasteiger partial charge is 0.384 e. The van der Waals surface area contributed by atoms with Gasteiger partial charge in [0, 0.05) is 26.7 Å². The summed E-state index contributed by atoms with van der Waals surface area (Å²) < 4.78 is 10.5. The number of carbonyl (C=O) groups excluding carboxylic acids is 1. The van der Waals surface area contributed by atoms with Crippen LogP contribution >= 0.6 is 12.4 Å². The Balaban J connectivity index is 0.00000162. The lowest BCUT2D eigenvalue weighted by Gasteiger charge is -2.35. The highest BCUT2D eigenvalue weighted by atomic mass is 35.5. The molecule has 2 rings (SSSR count). The standard InChI is InChI=1S/C12H22N2O3.ClH/c1-16-8-10-3-2-5-14(7-10)12(15)11-9-17-6-4-13-11;/h10-11,13H,2-9H2,1H3;1H. The summed E-state index contributed by atoms with van der Waals surface area (Å²) in [5, 5.41) is 3.22. The van der Waals surface area contributed by atoms with E-state index in [1.165, 1.54) is 0 Å². The predicted molar refractivity (Wildman–Crippen MR) is 71.0 cm³/mol. The van der Waals surface area contributed by atoms with Gasteiger partial charge in [0.1, 0.15) is 6.04 Å². The molecular weight excluding hydrogens is 256 g/mol. The van der Waals surface area contributed by atoms with Gasteiger partial charge in [0.15, 0.2) is 0 Å². The first-order valence-electron chi connectivity index (χ1n) is 6.40. The van der Waals surface area contributed by atoms with Gasteiger partial charge in [-0.15, -0.1) is 12.4 Å². The highest BCUT2D eigenvalue weighted by Gasteiger charge is 2.29. The molecule has 1 N–H and O–H groups in total. The maximum absolute atomic E-state index is 12.2. The maximum atomic E-state index is 12.2. The number of rotatable bonds is 3. The van der Waals surface area contributed by atoms with Crippen LogP contribution in [0.4, 0.5) is 0 Å². The van der Waals surface area contributed by atoms with Gasteiger partial charge in [-0.05, 0) is 18.8 Å². The SMILES string of the molecule is COCC1CCCN(C(=O)C2COCCN2)C1.Cl. The van der Waals surface area contributed by atoms with Crippen LogP contribution in [0.5, 0.6) is 0 Å². The van der Waals surface area contributed by atoms with Gasteiger partial charge >= 0.3 is 0 Å². The molecule has 0 aromatic heterocycles. The first-order valence-corrected chi connectivity index (χ1v) is 6.40. The quantitative estimate of drug-likeness (QED) is 0.806. The summed E-state index contributed by atoms with van der Waals surface area (Å²) in [6.45, 7) is 4.42. The van der Waals surface area contributed by atoms with Gasteiger partial charge in [-0.1, -0.05) is 0 Å². The second kappa shape index (κ2) is 7.94. The molecule has 18 heavy (non-hydrogen) atoms. The van der Waals surface area contributed by atoms with Gasteiger partial charge < -0.3 is 19.7 Å². The number of morpholine rings is 1. The Bertz CT molecular complexity index is 258. The van der Waals surface area contributed by atoms with E-state index < -0.39 is 0 Å². The average Bonchev–Trinajstić information content (AvgIpc) is 2.40. The number of amides is 1. The molecule has 2 fully saturated rings. The molecule has 0 saturated carbocycles. The molecule has 2 atom stereocenters. The number of hydrogen-bond donors (Lipinski definition) is 1. The smallest absolute Gasteiger partial charge is 0.242 e. The van der Waals surface area contributed by atoms with Crippen LogP contribution in [0.1, 0.15) is 12.8 Å². The number of nitrogens with zero attached hydrogens (tertiary/aromatic N) is 1. The Kier molecular flexibility index (Phi) is 6.92. The minimum atomic E-state index is -0.148. The Morgan fingerprint density at radius 3 is 3.06 bits per heavy atom. The lowest BCUT2D eigenvalue weighted by molar-refractivity contribution is -0.138. The van der Waals surface area contributed by atoms with E-state index in [9.17, 15) is 4.79 Å². The third-order valence-electron chi connectivity index (χ3n) is 3.45. The minimum Gasteiger partial charge on any atom is -0.384 e. The van der Waals surface area contributed by atoms with Crippen molar-refractivity contribution < 1.29 is 14.3 Å². The molecule has 0 spiro atoms. The van der Waals surface area contributed by atoms with Crippen LogP contribution in [0.15, 0.2) is 0 Å². The molecule has 2 aliphatic heterocycles. The number of ether oxygens (including phenoxy) is 2. The Morgan fingerprint density at radius 2 is 2.39 bits per heavy atom. The summed E-state index contributed by atoms with van der Waals surface area (Å²) in [6, 6.07) is -0.148.